The van der Waals surface area contributed by atoms with Crippen molar-refractivity contribution in [3.63, 3.8) is 0 Å². The number of fused-ring (bicyclic) bond motifs is 9. The lowest BCUT2D eigenvalue weighted by atomic mass is 9.98. The van der Waals surface area contributed by atoms with Gasteiger partial charge in [0.2, 0.25) is 0 Å². The normalized spacial score (nSPS) is 14.7. The first-order valence-electron chi connectivity index (χ1n) is 17.7. The molecule has 4 heteroatoms. The van der Waals surface area contributed by atoms with E-state index in [1.54, 1.807) is 0 Å². The topological polar surface area (TPSA) is 42.5 Å². The van der Waals surface area contributed by atoms with Crippen molar-refractivity contribution in [2.24, 2.45) is 4.99 Å². The molecule has 0 bridgehead atoms. The van der Waals surface area contributed by atoms with Crippen molar-refractivity contribution in [1.29, 1.82) is 0 Å². The van der Waals surface area contributed by atoms with Gasteiger partial charge in [0.05, 0.1) is 28.5 Å². The fourth-order valence-electron chi connectivity index (χ4n) is 8.15. The van der Waals surface area contributed by atoms with Crippen LogP contribution in [0.3, 0.4) is 0 Å². The highest BCUT2D eigenvalue weighted by atomic mass is 16.3. The number of nitrogens with one attached hydrogen (secondary N) is 1. The first-order valence-corrected chi connectivity index (χ1v) is 17.7. The van der Waals surface area contributed by atoms with Crippen LogP contribution in [-0.2, 0) is 0 Å². The second-order valence-corrected chi connectivity index (χ2v) is 13.6. The molecule has 1 aliphatic heterocycles. The maximum absolute atomic E-state index is 6.94. The fraction of sp³-hybridized carbons (Fsp3) is 0.0208. The lowest BCUT2D eigenvalue weighted by Gasteiger charge is -2.25. The summed E-state index contributed by atoms with van der Waals surface area (Å²) >= 11 is 0. The van der Waals surface area contributed by atoms with Gasteiger partial charge in [-0.15, -0.1) is 0 Å². The second-order valence-electron chi connectivity index (χ2n) is 13.6. The summed E-state index contributed by atoms with van der Waals surface area (Å²) in [6, 6.07) is 60.3. The molecule has 244 valence electrons. The van der Waals surface area contributed by atoms with Crippen molar-refractivity contribution in [2.75, 3.05) is 0 Å². The van der Waals surface area contributed by atoms with E-state index in [0.29, 0.717) is 0 Å². The van der Waals surface area contributed by atoms with Gasteiger partial charge in [0.15, 0.2) is 0 Å². The van der Waals surface area contributed by atoms with Gasteiger partial charge >= 0.3 is 0 Å². The number of hydrogen-bond acceptors (Lipinski definition) is 3. The summed E-state index contributed by atoms with van der Waals surface area (Å²) in [5.74, 6) is 0.809. The molecule has 1 N–H and O–H groups in total. The molecule has 4 nitrogen and oxygen atoms in total. The van der Waals surface area contributed by atoms with Gasteiger partial charge in [-0.3, -0.25) is 0 Å². The Morgan fingerprint density at radius 1 is 0.538 bits per heavy atom. The van der Waals surface area contributed by atoms with E-state index < -0.39 is 0 Å². The van der Waals surface area contributed by atoms with Gasteiger partial charge in [0, 0.05) is 38.6 Å². The average Bonchev–Trinajstić information content (AvgIpc) is 3.75. The standard InChI is InChI=1S/C48H31N3O/c1-3-14-31(15-4-1)41-29-42(32-16-5-2-6-17-32)50-48(49-41)40-27-35(28-45-46(40)38-24-23-30-13-9-10-20-36(30)47(38)52-45)51-43-22-12-11-21-37(43)39-25-33-18-7-8-19-34(33)26-44(39)51/h1-29,41H,(H,49,50). The van der Waals surface area contributed by atoms with E-state index >= 15 is 0 Å². The van der Waals surface area contributed by atoms with E-state index in [1.165, 1.54) is 27.1 Å². The summed E-state index contributed by atoms with van der Waals surface area (Å²) in [6.45, 7) is 0. The molecule has 0 saturated heterocycles. The van der Waals surface area contributed by atoms with E-state index in [2.05, 4.69) is 180 Å². The zero-order valence-electron chi connectivity index (χ0n) is 28.1. The smallest absolute Gasteiger partial charge is 0.143 e. The summed E-state index contributed by atoms with van der Waals surface area (Å²) < 4.78 is 9.33. The zero-order valence-corrected chi connectivity index (χ0v) is 28.1. The third-order valence-electron chi connectivity index (χ3n) is 10.6. The van der Waals surface area contributed by atoms with Crippen molar-refractivity contribution in [1.82, 2.24) is 9.88 Å². The lowest BCUT2D eigenvalue weighted by molar-refractivity contribution is 0.672. The number of amidine groups is 1. The minimum Gasteiger partial charge on any atom is -0.455 e. The minimum atomic E-state index is -0.0822. The predicted octanol–water partition coefficient (Wildman–Crippen LogP) is 12.1. The molecule has 8 aromatic carbocycles. The van der Waals surface area contributed by atoms with Crippen molar-refractivity contribution < 1.29 is 4.42 Å². The van der Waals surface area contributed by atoms with Crippen LogP contribution in [0, 0.1) is 0 Å². The van der Waals surface area contributed by atoms with E-state index in [-0.39, 0.29) is 6.04 Å². The number of aromatic nitrogens is 1. The largest absolute Gasteiger partial charge is 0.455 e. The molecule has 1 unspecified atom stereocenters. The van der Waals surface area contributed by atoms with Crippen LogP contribution >= 0.6 is 0 Å². The van der Waals surface area contributed by atoms with Gasteiger partial charge in [-0.25, -0.2) is 4.99 Å². The molecular formula is C48H31N3O. The Kier molecular flexibility index (Phi) is 6.28. The van der Waals surface area contributed by atoms with Crippen LogP contribution in [0.1, 0.15) is 22.7 Å². The summed E-state index contributed by atoms with van der Waals surface area (Å²) in [5.41, 5.74) is 9.20. The average molecular weight is 666 g/mol. The Morgan fingerprint density at radius 3 is 2.06 bits per heavy atom. The Morgan fingerprint density at radius 2 is 1.23 bits per heavy atom. The van der Waals surface area contributed by atoms with Gasteiger partial charge in [-0.05, 0) is 63.7 Å². The molecule has 0 aliphatic carbocycles. The molecule has 1 atom stereocenters. The zero-order chi connectivity index (χ0) is 34.2. The maximum atomic E-state index is 6.94. The number of para-hydroxylation sites is 1. The van der Waals surface area contributed by atoms with Crippen molar-refractivity contribution >= 4 is 76.8 Å². The molecule has 3 heterocycles. The SMILES string of the molecule is C1=C(c2ccccc2)N=C(c2cc(-n3c4ccccc4c4cc5ccccc5cc43)cc3oc4c5ccccc5ccc4c23)NC1c1ccccc1. The molecule has 0 fully saturated rings. The van der Waals surface area contributed by atoms with Gasteiger partial charge in [-0.1, -0.05) is 133 Å². The van der Waals surface area contributed by atoms with E-state index in [9.17, 15) is 0 Å². The Labute approximate surface area is 299 Å². The fourth-order valence-corrected chi connectivity index (χ4v) is 8.15. The number of aliphatic imine (C=N–C) groups is 1. The number of nitrogens with zero attached hydrogens (tertiary/aromatic N) is 2. The monoisotopic (exact) mass is 665 g/mol. The lowest BCUT2D eigenvalue weighted by Crippen LogP contribution is -2.31. The second kappa shape index (κ2) is 11.3. The molecule has 0 amide bonds. The maximum Gasteiger partial charge on any atom is 0.143 e. The van der Waals surface area contributed by atoms with Crippen LogP contribution in [0.5, 0.6) is 0 Å². The Balaban J connectivity index is 1.24. The highest BCUT2D eigenvalue weighted by Gasteiger charge is 2.25. The Bertz CT molecular complexity index is 3090. The number of rotatable bonds is 4. The highest BCUT2D eigenvalue weighted by molar-refractivity contribution is 6.23. The molecule has 0 saturated carbocycles. The molecule has 10 aromatic rings. The van der Waals surface area contributed by atoms with Gasteiger partial charge in [-0.2, -0.15) is 0 Å². The summed E-state index contributed by atoms with van der Waals surface area (Å²) in [4.78, 5) is 5.40. The molecule has 2 aromatic heterocycles. The third kappa shape index (κ3) is 4.44. The molecule has 52 heavy (non-hydrogen) atoms. The first kappa shape index (κ1) is 28.9. The van der Waals surface area contributed by atoms with Crippen molar-refractivity contribution in [3.05, 3.63) is 193 Å². The first-order chi connectivity index (χ1) is 25.8. The molecule has 0 radical (unpaired) electrons. The van der Waals surface area contributed by atoms with Crippen LogP contribution in [0.2, 0.25) is 0 Å². The third-order valence-corrected chi connectivity index (χ3v) is 10.6. The van der Waals surface area contributed by atoms with Crippen LogP contribution in [0.25, 0.3) is 76.7 Å². The van der Waals surface area contributed by atoms with E-state index in [0.717, 1.165) is 72.1 Å². The van der Waals surface area contributed by atoms with E-state index in [1.807, 2.05) is 6.07 Å². The molecule has 0 spiro atoms. The molecule has 1 aliphatic rings. The number of hydrogen-bond donors (Lipinski definition) is 1. The quantitative estimate of drug-likeness (QED) is 0.203. The van der Waals surface area contributed by atoms with Crippen LogP contribution < -0.4 is 5.32 Å². The highest BCUT2D eigenvalue weighted by Crippen LogP contribution is 2.41. The summed E-state index contributed by atoms with van der Waals surface area (Å²) in [7, 11) is 0. The van der Waals surface area contributed by atoms with Crippen LogP contribution in [0.4, 0.5) is 0 Å². The summed E-state index contributed by atoms with van der Waals surface area (Å²) in [5, 5.41) is 13.1. The van der Waals surface area contributed by atoms with Crippen molar-refractivity contribution in [2.45, 2.75) is 6.04 Å². The van der Waals surface area contributed by atoms with Gasteiger partial charge in [0.25, 0.3) is 0 Å². The predicted molar refractivity (Wildman–Crippen MR) is 216 cm³/mol. The van der Waals surface area contributed by atoms with Crippen molar-refractivity contribution in [3.8, 4) is 5.69 Å². The summed E-state index contributed by atoms with van der Waals surface area (Å²) in [6.07, 6.45) is 2.23. The number of benzene rings is 8. The van der Waals surface area contributed by atoms with Gasteiger partial charge < -0.3 is 14.3 Å². The molecule has 11 rings (SSSR count). The molecular weight excluding hydrogens is 635 g/mol. The number of furan rings is 1. The van der Waals surface area contributed by atoms with E-state index in [4.69, 9.17) is 9.41 Å². The van der Waals surface area contributed by atoms with Crippen LogP contribution in [0.15, 0.2) is 185 Å². The Hall–Kier alpha value is -6.91. The van der Waals surface area contributed by atoms with Crippen LogP contribution in [-0.4, -0.2) is 10.4 Å². The van der Waals surface area contributed by atoms with Gasteiger partial charge in [0.1, 0.15) is 17.0 Å². The minimum absolute atomic E-state index is 0.0822.